The fourth-order valence-corrected chi connectivity index (χ4v) is 5.02. The van der Waals surface area contributed by atoms with Crippen molar-refractivity contribution in [3.05, 3.63) is 48.2 Å². The lowest BCUT2D eigenvalue weighted by Crippen LogP contribution is -2.56. The Kier molecular flexibility index (Phi) is 6.92. The van der Waals surface area contributed by atoms with Gasteiger partial charge in [-0.05, 0) is 43.2 Å². The summed E-state index contributed by atoms with van der Waals surface area (Å²) in [6.45, 7) is 3.03. The number of aromatic nitrogens is 4. The fraction of sp³-hybridized carbons (Fsp3) is 0.435. The van der Waals surface area contributed by atoms with Crippen molar-refractivity contribution >= 4 is 39.0 Å². The lowest BCUT2D eigenvalue weighted by atomic mass is 10.0. The number of anilines is 4. The van der Waals surface area contributed by atoms with Gasteiger partial charge in [-0.3, -0.25) is 10.1 Å². The molecule has 0 saturated carbocycles. The zero-order valence-corrected chi connectivity index (χ0v) is 20.4. The quantitative estimate of drug-likeness (QED) is 0.443. The van der Waals surface area contributed by atoms with Gasteiger partial charge in [-0.1, -0.05) is 23.5 Å². The van der Waals surface area contributed by atoms with Crippen LogP contribution in [0.5, 0.6) is 0 Å². The molecule has 36 heavy (non-hydrogen) atoms. The molecule has 0 bridgehead atoms. The van der Waals surface area contributed by atoms with Crippen LogP contribution < -0.4 is 20.4 Å². The number of ether oxygens (including phenoxy) is 1. The van der Waals surface area contributed by atoms with Gasteiger partial charge >= 0.3 is 0 Å². The number of benzene rings is 1. The molecule has 3 aromatic rings. The molecule has 2 N–H and O–H groups in total. The Labute approximate surface area is 210 Å². The largest absolute Gasteiger partial charge is 0.364 e. The van der Waals surface area contributed by atoms with E-state index in [-0.39, 0.29) is 19.1 Å². The van der Waals surface area contributed by atoms with Crippen LogP contribution in [0, 0.1) is 0 Å². The normalized spacial score (nSPS) is 19.6. The van der Waals surface area contributed by atoms with Crippen LogP contribution in [-0.2, 0) is 9.53 Å². The molecule has 2 aromatic heterocycles. The first-order chi connectivity index (χ1) is 17.4. The van der Waals surface area contributed by atoms with Gasteiger partial charge < -0.3 is 19.9 Å². The second-order valence-electron chi connectivity index (χ2n) is 8.70. The van der Waals surface area contributed by atoms with Crippen LogP contribution in [0.25, 0.3) is 0 Å². The lowest BCUT2D eigenvalue weighted by molar-refractivity contribution is -0.127. The van der Waals surface area contributed by atoms with Crippen LogP contribution in [0.4, 0.5) is 30.5 Å². The first-order valence-electron chi connectivity index (χ1n) is 11.7. The number of rotatable bonds is 9. The molecule has 1 aromatic carbocycles. The van der Waals surface area contributed by atoms with E-state index in [1.165, 1.54) is 11.3 Å². The van der Waals surface area contributed by atoms with Gasteiger partial charge in [-0.15, -0.1) is 15.3 Å². The zero-order valence-electron chi connectivity index (χ0n) is 19.6. The van der Waals surface area contributed by atoms with Crippen LogP contribution >= 0.6 is 11.3 Å². The van der Waals surface area contributed by atoms with Gasteiger partial charge in [-0.2, -0.15) is 5.10 Å². The van der Waals surface area contributed by atoms with Crippen molar-refractivity contribution in [1.82, 2.24) is 20.4 Å². The SMILES string of the molecule is CCOC(C(=O)Nc1nnc(N[C@@H]2CCN(c3cccnn3)C2)s1)c1cccc(N2CC(F)(F)C2)c1. The lowest BCUT2D eigenvalue weighted by Gasteiger charge is -2.40. The van der Waals surface area contributed by atoms with E-state index in [1.54, 1.807) is 42.3 Å². The van der Waals surface area contributed by atoms with E-state index in [1.807, 2.05) is 12.1 Å². The topological polar surface area (TPSA) is 108 Å². The van der Waals surface area contributed by atoms with Gasteiger partial charge in [0.15, 0.2) is 11.9 Å². The van der Waals surface area contributed by atoms with Crippen LogP contribution in [0.3, 0.4) is 0 Å². The molecule has 2 saturated heterocycles. The highest BCUT2D eigenvalue weighted by Crippen LogP contribution is 2.34. The third-order valence-electron chi connectivity index (χ3n) is 6.01. The number of hydrogen-bond donors (Lipinski definition) is 2. The number of amides is 1. The van der Waals surface area contributed by atoms with Crippen molar-refractivity contribution in [2.45, 2.75) is 31.4 Å². The van der Waals surface area contributed by atoms with E-state index < -0.39 is 17.9 Å². The van der Waals surface area contributed by atoms with Crippen LogP contribution in [0.2, 0.25) is 0 Å². The Morgan fingerprint density at radius 1 is 1.19 bits per heavy atom. The minimum absolute atomic E-state index is 0.163. The summed E-state index contributed by atoms with van der Waals surface area (Å²) in [7, 11) is 0. The molecule has 13 heteroatoms. The highest BCUT2D eigenvalue weighted by atomic mass is 32.1. The van der Waals surface area contributed by atoms with Crippen molar-refractivity contribution in [3.63, 3.8) is 0 Å². The third kappa shape index (κ3) is 5.51. The van der Waals surface area contributed by atoms with Gasteiger partial charge in [-0.25, -0.2) is 8.78 Å². The Bertz CT molecular complexity index is 1190. The molecule has 2 aliphatic rings. The van der Waals surface area contributed by atoms with Crippen molar-refractivity contribution < 1.29 is 18.3 Å². The smallest absolute Gasteiger partial charge is 0.282 e. The predicted molar refractivity (Wildman–Crippen MR) is 133 cm³/mol. The number of carbonyl (C=O) groups is 1. The first kappa shape index (κ1) is 24.3. The molecular formula is C23H26F2N8O2S. The van der Waals surface area contributed by atoms with E-state index >= 15 is 0 Å². The van der Waals surface area contributed by atoms with E-state index in [0.717, 1.165) is 25.3 Å². The van der Waals surface area contributed by atoms with E-state index in [4.69, 9.17) is 4.74 Å². The average Bonchev–Trinajstić information content (AvgIpc) is 3.51. The number of carbonyl (C=O) groups excluding carboxylic acids is 1. The minimum Gasteiger partial charge on any atom is -0.364 e. The second-order valence-corrected chi connectivity index (χ2v) is 9.68. The van der Waals surface area contributed by atoms with E-state index in [2.05, 4.69) is 35.9 Å². The highest BCUT2D eigenvalue weighted by molar-refractivity contribution is 7.19. The molecule has 1 unspecified atom stereocenters. The third-order valence-corrected chi connectivity index (χ3v) is 6.78. The monoisotopic (exact) mass is 516 g/mol. The average molecular weight is 517 g/mol. The molecule has 10 nitrogen and oxygen atoms in total. The summed E-state index contributed by atoms with van der Waals surface area (Å²) >= 11 is 1.24. The fourth-order valence-electron chi connectivity index (χ4n) is 4.30. The molecule has 2 fully saturated rings. The van der Waals surface area contributed by atoms with Gasteiger partial charge in [0.1, 0.15) is 0 Å². The molecule has 4 heterocycles. The molecule has 0 aliphatic carbocycles. The molecule has 2 aliphatic heterocycles. The standard InChI is InChI=1S/C23H26F2N8O2S/c1-2-35-19(15-5-3-6-17(11-15)33-13-23(24,25)14-33)20(34)28-22-31-30-21(36-22)27-16-8-10-32(12-16)18-7-4-9-26-29-18/h3-7,9,11,16,19H,2,8,10,12-14H2,1H3,(H,27,30)(H,28,31,34)/t16-,19?/m1/s1. The highest BCUT2D eigenvalue weighted by Gasteiger charge is 2.44. The summed E-state index contributed by atoms with van der Waals surface area (Å²) < 4.78 is 32.3. The van der Waals surface area contributed by atoms with Gasteiger partial charge in [0, 0.05) is 37.6 Å². The minimum atomic E-state index is -2.68. The number of nitrogens with zero attached hydrogens (tertiary/aromatic N) is 6. The van der Waals surface area contributed by atoms with Gasteiger partial charge in [0.05, 0.1) is 13.1 Å². The summed E-state index contributed by atoms with van der Waals surface area (Å²) in [5.74, 6) is -2.25. The molecule has 0 radical (unpaired) electrons. The van der Waals surface area contributed by atoms with Crippen molar-refractivity contribution in [2.24, 2.45) is 0 Å². The molecular weight excluding hydrogens is 490 g/mol. The van der Waals surface area contributed by atoms with Gasteiger partial charge in [0.25, 0.3) is 11.8 Å². The Hall–Kier alpha value is -3.45. The molecule has 5 rings (SSSR count). The summed E-state index contributed by atoms with van der Waals surface area (Å²) in [6, 6.07) is 10.9. The summed E-state index contributed by atoms with van der Waals surface area (Å²) in [4.78, 5) is 16.8. The second kappa shape index (κ2) is 10.3. The predicted octanol–water partition coefficient (Wildman–Crippen LogP) is 3.19. The van der Waals surface area contributed by atoms with Crippen LogP contribution in [0.1, 0.15) is 25.0 Å². The summed E-state index contributed by atoms with van der Waals surface area (Å²) in [5, 5.41) is 23.4. The number of nitrogens with one attached hydrogen (secondary N) is 2. The Morgan fingerprint density at radius 2 is 2.03 bits per heavy atom. The summed E-state index contributed by atoms with van der Waals surface area (Å²) in [5.41, 5.74) is 1.21. The summed E-state index contributed by atoms with van der Waals surface area (Å²) in [6.07, 6.45) is 1.64. The van der Waals surface area contributed by atoms with Gasteiger partial charge in [0.2, 0.25) is 10.3 Å². The van der Waals surface area contributed by atoms with Crippen molar-refractivity contribution in [3.8, 4) is 0 Å². The van der Waals surface area contributed by atoms with E-state index in [0.29, 0.717) is 28.1 Å². The molecule has 2 atom stereocenters. The maximum Gasteiger partial charge on any atom is 0.282 e. The number of halogens is 2. The number of hydrogen-bond acceptors (Lipinski definition) is 10. The molecule has 190 valence electrons. The maximum absolute atomic E-state index is 13.3. The Balaban J connectivity index is 1.20. The Morgan fingerprint density at radius 3 is 2.78 bits per heavy atom. The first-order valence-corrected chi connectivity index (χ1v) is 12.5. The molecule has 1 amide bonds. The van der Waals surface area contributed by atoms with Crippen LogP contribution in [-0.4, -0.2) is 71.1 Å². The maximum atomic E-state index is 13.3. The number of alkyl halides is 2. The molecule has 0 spiro atoms. The van der Waals surface area contributed by atoms with Crippen molar-refractivity contribution in [1.29, 1.82) is 0 Å². The van der Waals surface area contributed by atoms with Crippen molar-refractivity contribution in [2.75, 3.05) is 53.2 Å². The van der Waals surface area contributed by atoms with E-state index in [9.17, 15) is 13.6 Å². The zero-order chi connectivity index (χ0) is 25.1. The van der Waals surface area contributed by atoms with Crippen LogP contribution in [0.15, 0.2) is 42.6 Å².